The summed E-state index contributed by atoms with van der Waals surface area (Å²) in [6, 6.07) is 24.5. The number of rotatable bonds is 3. The molecule has 0 fully saturated rings. The zero-order chi connectivity index (χ0) is 14.7. The predicted molar refractivity (Wildman–Crippen MR) is 91.8 cm³/mol. The monoisotopic (exact) mass is 271 g/mol. The standard InChI is InChI=1S/C20H17N/c1-2-15-13-14-18(21)20(17-11-7-4-8-12-17)19(15)16-9-5-3-6-10-16/h2-14H,1,21H2. The largest absolute Gasteiger partial charge is 0.398 e. The van der Waals surface area contributed by atoms with Crippen LogP contribution in [0.25, 0.3) is 28.3 Å². The third-order valence-corrected chi connectivity index (χ3v) is 3.61. The van der Waals surface area contributed by atoms with Gasteiger partial charge in [-0.15, -0.1) is 0 Å². The summed E-state index contributed by atoms with van der Waals surface area (Å²) in [5, 5.41) is 0. The molecule has 0 unspecified atom stereocenters. The molecule has 0 amide bonds. The molecule has 3 rings (SSSR count). The normalized spacial score (nSPS) is 10.3. The Kier molecular flexibility index (Phi) is 3.57. The van der Waals surface area contributed by atoms with Crippen LogP contribution >= 0.6 is 0 Å². The van der Waals surface area contributed by atoms with Gasteiger partial charge in [-0.2, -0.15) is 0 Å². The molecule has 21 heavy (non-hydrogen) atoms. The van der Waals surface area contributed by atoms with Gasteiger partial charge in [0.1, 0.15) is 0 Å². The van der Waals surface area contributed by atoms with Crippen LogP contribution in [0.1, 0.15) is 5.56 Å². The van der Waals surface area contributed by atoms with Crippen LogP contribution in [0.2, 0.25) is 0 Å². The van der Waals surface area contributed by atoms with Gasteiger partial charge < -0.3 is 5.73 Å². The highest BCUT2D eigenvalue weighted by Crippen LogP contribution is 2.39. The van der Waals surface area contributed by atoms with Gasteiger partial charge in [0.15, 0.2) is 0 Å². The van der Waals surface area contributed by atoms with E-state index in [2.05, 4.69) is 30.8 Å². The molecule has 0 radical (unpaired) electrons. The summed E-state index contributed by atoms with van der Waals surface area (Å²) < 4.78 is 0. The van der Waals surface area contributed by atoms with Crippen molar-refractivity contribution in [1.82, 2.24) is 0 Å². The van der Waals surface area contributed by atoms with E-state index in [9.17, 15) is 0 Å². The maximum absolute atomic E-state index is 6.28. The summed E-state index contributed by atoms with van der Waals surface area (Å²) in [7, 11) is 0. The molecule has 102 valence electrons. The average molecular weight is 271 g/mol. The van der Waals surface area contributed by atoms with Crippen molar-refractivity contribution >= 4 is 11.8 Å². The minimum atomic E-state index is 0.783. The van der Waals surface area contributed by atoms with Crippen molar-refractivity contribution in [2.75, 3.05) is 5.73 Å². The Labute approximate surface area is 125 Å². The smallest absolute Gasteiger partial charge is 0.0400 e. The molecule has 0 heterocycles. The first-order valence-electron chi connectivity index (χ1n) is 6.97. The minimum absolute atomic E-state index is 0.783. The molecule has 2 N–H and O–H groups in total. The molecule has 0 saturated heterocycles. The quantitative estimate of drug-likeness (QED) is 0.647. The molecule has 3 aromatic carbocycles. The maximum atomic E-state index is 6.28. The molecule has 0 saturated carbocycles. The number of hydrogen-bond acceptors (Lipinski definition) is 1. The number of nitrogen functional groups attached to an aromatic ring is 1. The van der Waals surface area contributed by atoms with Gasteiger partial charge in [0.05, 0.1) is 0 Å². The third-order valence-electron chi connectivity index (χ3n) is 3.61. The Morgan fingerprint density at radius 1 is 0.667 bits per heavy atom. The van der Waals surface area contributed by atoms with Gasteiger partial charge in [0, 0.05) is 11.3 Å². The van der Waals surface area contributed by atoms with Gasteiger partial charge in [0.25, 0.3) is 0 Å². The van der Waals surface area contributed by atoms with Crippen LogP contribution in [0.4, 0.5) is 5.69 Å². The SMILES string of the molecule is C=Cc1ccc(N)c(-c2ccccc2)c1-c1ccccc1. The first kappa shape index (κ1) is 13.2. The van der Waals surface area contributed by atoms with Crippen molar-refractivity contribution in [3.05, 3.63) is 84.9 Å². The molecule has 3 aromatic rings. The van der Waals surface area contributed by atoms with Crippen LogP contribution in [-0.2, 0) is 0 Å². The molecule has 0 aliphatic heterocycles. The summed E-state index contributed by atoms with van der Waals surface area (Å²) in [5.74, 6) is 0. The number of hydrogen-bond donors (Lipinski definition) is 1. The number of anilines is 1. The molecule has 0 spiro atoms. The zero-order valence-corrected chi connectivity index (χ0v) is 11.8. The minimum Gasteiger partial charge on any atom is -0.398 e. The van der Waals surface area contributed by atoms with Crippen LogP contribution < -0.4 is 5.73 Å². The predicted octanol–water partition coefficient (Wildman–Crippen LogP) is 5.25. The molecule has 0 bridgehead atoms. The van der Waals surface area contributed by atoms with E-state index < -0.39 is 0 Å². The second-order valence-electron chi connectivity index (χ2n) is 4.93. The molecular formula is C20H17N. The van der Waals surface area contributed by atoms with Gasteiger partial charge in [-0.3, -0.25) is 0 Å². The van der Waals surface area contributed by atoms with Gasteiger partial charge >= 0.3 is 0 Å². The van der Waals surface area contributed by atoms with E-state index >= 15 is 0 Å². The molecule has 0 atom stereocenters. The fraction of sp³-hybridized carbons (Fsp3) is 0. The highest BCUT2D eigenvalue weighted by atomic mass is 14.6. The van der Waals surface area contributed by atoms with Crippen molar-refractivity contribution in [3.8, 4) is 22.3 Å². The van der Waals surface area contributed by atoms with Crippen molar-refractivity contribution in [3.63, 3.8) is 0 Å². The molecule has 0 aromatic heterocycles. The van der Waals surface area contributed by atoms with Crippen molar-refractivity contribution in [2.45, 2.75) is 0 Å². The summed E-state index contributed by atoms with van der Waals surface area (Å²) in [4.78, 5) is 0. The topological polar surface area (TPSA) is 26.0 Å². The Morgan fingerprint density at radius 2 is 1.19 bits per heavy atom. The van der Waals surface area contributed by atoms with Gasteiger partial charge in [-0.05, 0) is 28.3 Å². The van der Waals surface area contributed by atoms with Crippen molar-refractivity contribution < 1.29 is 0 Å². The van der Waals surface area contributed by atoms with E-state index in [-0.39, 0.29) is 0 Å². The number of benzene rings is 3. The molecule has 0 aliphatic carbocycles. The molecular weight excluding hydrogens is 254 g/mol. The van der Waals surface area contributed by atoms with Gasteiger partial charge in [-0.25, -0.2) is 0 Å². The first-order chi connectivity index (χ1) is 10.3. The van der Waals surface area contributed by atoms with E-state index in [4.69, 9.17) is 5.73 Å². The number of nitrogens with two attached hydrogens (primary N) is 1. The van der Waals surface area contributed by atoms with Gasteiger partial charge in [0.2, 0.25) is 0 Å². The Bertz CT molecular complexity index is 759. The van der Waals surface area contributed by atoms with Crippen LogP contribution in [0, 0.1) is 0 Å². The van der Waals surface area contributed by atoms with Crippen LogP contribution in [0.15, 0.2) is 79.4 Å². The average Bonchev–Trinajstić information content (AvgIpc) is 2.56. The maximum Gasteiger partial charge on any atom is 0.0400 e. The third kappa shape index (κ3) is 2.46. The zero-order valence-electron chi connectivity index (χ0n) is 11.8. The van der Waals surface area contributed by atoms with E-state index in [0.29, 0.717) is 0 Å². The second-order valence-corrected chi connectivity index (χ2v) is 4.93. The Morgan fingerprint density at radius 3 is 1.71 bits per heavy atom. The Balaban J connectivity index is 2.36. The summed E-state index contributed by atoms with van der Waals surface area (Å²) in [6.07, 6.45) is 1.88. The van der Waals surface area contributed by atoms with Crippen molar-refractivity contribution in [1.29, 1.82) is 0 Å². The second kappa shape index (κ2) is 5.68. The van der Waals surface area contributed by atoms with Crippen LogP contribution in [0.3, 0.4) is 0 Å². The van der Waals surface area contributed by atoms with E-state index in [0.717, 1.165) is 33.5 Å². The van der Waals surface area contributed by atoms with E-state index in [1.165, 1.54) is 0 Å². The highest BCUT2D eigenvalue weighted by Gasteiger charge is 2.13. The lowest BCUT2D eigenvalue weighted by atomic mass is 9.89. The molecule has 0 aliphatic rings. The lowest BCUT2D eigenvalue weighted by Crippen LogP contribution is -1.96. The van der Waals surface area contributed by atoms with Crippen LogP contribution in [-0.4, -0.2) is 0 Å². The van der Waals surface area contributed by atoms with Gasteiger partial charge in [-0.1, -0.05) is 79.4 Å². The molecule has 1 nitrogen and oxygen atoms in total. The lowest BCUT2D eigenvalue weighted by molar-refractivity contribution is 1.56. The summed E-state index contributed by atoms with van der Waals surface area (Å²) >= 11 is 0. The van der Waals surface area contributed by atoms with E-state index in [1.54, 1.807) is 0 Å². The fourth-order valence-corrected chi connectivity index (χ4v) is 2.64. The Hall–Kier alpha value is -2.80. The summed E-state index contributed by atoms with van der Waals surface area (Å²) in [5.41, 5.74) is 12.6. The lowest BCUT2D eigenvalue weighted by Gasteiger charge is -2.16. The highest BCUT2D eigenvalue weighted by molar-refractivity contribution is 5.95. The van der Waals surface area contributed by atoms with Crippen molar-refractivity contribution in [2.24, 2.45) is 0 Å². The molecule has 1 heteroatoms. The first-order valence-corrected chi connectivity index (χ1v) is 6.97. The van der Waals surface area contributed by atoms with E-state index in [1.807, 2.05) is 54.6 Å². The summed E-state index contributed by atoms with van der Waals surface area (Å²) in [6.45, 7) is 3.94. The van der Waals surface area contributed by atoms with Crippen LogP contribution in [0.5, 0.6) is 0 Å². The fourth-order valence-electron chi connectivity index (χ4n) is 2.64.